The van der Waals surface area contributed by atoms with Crippen molar-refractivity contribution in [1.29, 1.82) is 0 Å². The number of hydrogen-bond acceptors (Lipinski definition) is 4. The van der Waals surface area contributed by atoms with Gasteiger partial charge in [0.2, 0.25) is 11.5 Å². The van der Waals surface area contributed by atoms with Crippen molar-refractivity contribution in [3.05, 3.63) is 35.8 Å². The Bertz CT molecular complexity index is 583. The van der Waals surface area contributed by atoms with Crippen LogP contribution in [-0.4, -0.2) is 37.2 Å². The molecular formula is C16H21N2O4+. The van der Waals surface area contributed by atoms with Gasteiger partial charge in [-0.3, -0.25) is 4.79 Å². The van der Waals surface area contributed by atoms with Crippen LogP contribution in [0.4, 0.5) is 4.79 Å². The highest BCUT2D eigenvalue weighted by Crippen LogP contribution is 2.18. The SMILES string of the molecule is CCCC[n+]1ccccc1/C=C1/OC(=O)N(CCOC)C1=O. The lowest BCUT2D eigenvalue weighted by molar-refractivity contribution is -0.699. The minimum absolute atomic E-state index is 0.0533. The Morgan fingerprint density at radius 3 is 2.91 bits per heavy atom. The molecule has 1 aliphatic heterocycles. The van der Waals surface area contributed by atoms with Gasteiger partial charge in [0.25, 0.3) is 5.91 Å². The van der Waals surface area contributed by atoms with Crippen LogP contribution in [0.1, 0.15) is 25.5 Å². The molecule has 0 unspecified atom stereocenters. The molecule has 6 heteroatoms. The Labute approximate surface area is 129 Å². The average molecular weight is 305 g/mol. The van der Waals surface area contributed by atoms with Gasteiger partial charge in [-0.05, 0) is 6.07 Å². The van der Waals surface area contributed by atoms with Crippen LogP contribution in [0.3, 0.4) is 0 Å². The normalized spacial score (nSPS) is 16.5. The maximum absolute atomic E-state index is 12.2. The summed E-state index contributed by atoms with van der Waals surface area (Å²) in [5.74, 6) is -0.370. The van der Waals surface area contributed by atoms with Crippen LogP contribution in [0.25, 0.3) is 6.08 Å². The maximum Gasteiger partial charge on any atom is 0.422 e. The Hall–Kier alpha value is -2.21. The number of nitrogens with zero attached hydrogens (tertiary/aromatic N) is 2. The first-order valence-electron chi connectivity index (χ1n) is 7.40. The number of aryl methyl sites for hydroxylation is 1. The summed E-state index contributed by atoms with van der Waals surface area (Å²) in [5, 5.41) is 0. The van der Waals surface area contributed by atoms with Gasteiger partial charge in [0.05, 0.1) is 19.2 Å². The summed E-state index contributed by atoms with van der Waals surface area (Å²) in [5.41, 5.74) is 0.834. The number of carbonyl (C=O) groups excluding carboxylic acids is 2. The number of ether oxygens (including phenoxy) is 2. The number of carbonyl (C=O) groups is 2. The van der Waals surface area contributed by atoms with E-state index in [4.69, 9.17) is 9.47 Å². The molecule has 0 aliphatic carbocycles. The monoisotopic (exact) mass is 305 g/mol. The molecule has 2 heterocycles. The highest BCUT2D eigenvalue weighted by Gasteiger charge is 2.36. The molecule has 2 amide bonds. The molecule has 0 bridgehead atoms. The molecule has 22 heavy (non-hydrogen) atoms. The Morgan fingerprint density at radius 1 is 1.36 bits per heavy atom. The number of amides is 2. The molecule has 118 valence electrons. The van der Waals surface area contributed by atoms with Gasteiger partial charge in [0.1, 0.15) is 6.54 Å². The van der Waals surface area contributed by atoms with Crippen molar-refractivity contribution < 1.29 is 23.6 Å². The van der Waals surface area contributed by atoms with Crippen molar-refractivity contribution in [2.24, 2.45) is 0 Å². The summed E-state index contributed by atoms with van der Waals surface area (Å²) in [6.45, 7) is 3.45. The summed E-state index contributed by atoms with van der Waals surface area (Å²) >= 11 is 0. The molecule has 0 saturated carbocycles. The van der Waals surface area contributed by atoms with Crippen LogP contribution < -0.4 is 4.57 Å². The van der Waals surface area contributed by atoms with Crippen LogP contribution in [-0.2, 0) is 20.8 Å². The molecule has 0 atom stereocenters. The summed E-state index contributed by atoms with van der Waals surface area (Å²) in [4.78, 5) is 25.0. The number of cyclic esters (lactones) is 1. The Kier molecular flexibility index (Phi) is 5.66. The van der Waals surface area contributed by atoms with Crippen molar-refractivity contribution in [2.75, 3.05) is 20.3 Å². The second-order valence-electron chi connectivity index (χ2n) is 5.00. The van der Waals surface area contributed by atoms with Crippen molar-refractivity contribution in [3.63, 3.8) is 0 Å². The fourth-order valence-corrected chi connectivity index (χ4v) is 2.16. The highest BCUT2D eigenvalue weighted by molar-refractivity contribution is 6.09. The molecule has 0 radical (unpaired) electrons. The molecule has 1 fully saturated rings. The third kappa shape index (κ3) is 3.71. The van der Waals surface area contributed by atoms with Gasteiger partial charge in [-0.1, -0.05) is 13.3 Å². The summed E-state index contributed by atoms with van der Waals surface area (Å²) in [6, 6.07) is 5.71. The predicted octanol–water partition coefficient (Wildman–Crippen LogP) is 1.74. The Morgan fingerprint density at radius 2 is 2.18 bits per heavy atom. The van der Waals surface area contributed by atoms with Gasteiger partial charge in [0.15, 0.2) is 6.20 Å². The zero-order valence-electron chi connectivity index (χ0n) is 12.9. The van der Waals surface area contributed by atoms with Crippen molar-refractivity contribution in [1.82, 2.24) is 4.90 Å². The second kappa shape index (κ2) is 7.70. The molecular weight excluding hydrogens is 284 g/mol. The van der Waals surface area contributed by atoms with Crippen LogP contribution in [0.5, 0.6) is 0 Å². The fraction of sp³-hybridized carbons (Fsp3) is 0.438. The van der Waals surface area contributed by atoms with Crippen LogP contribution >= 0.6 is 0 Å². The third-order valence-corrected chi connectivity index (χ3v) is 3.40. The Balaban J connectivity index is 2.19. The predicted molar refractivity (Wildman–Crippen MR) is 79.6 cm³/mol. The first kappa shape index (κ1) is 16.2. The lowest BCUT2D eigenvalue weighted by Gasteiger charge is -2.08. The van der Waals surface area contributed by atoms with Crippen molar-refractivity contribution in [2.45, 2.75) is 26.3 Å². The number of imide groups is 1. The quantitative estimate of drug-likeness (QED) is 0.569. The third-order valence-electron chi connectivity index (χ3n) is 3.40. The zero-order valence-corrected chi connectivity index (χ0v) is 12.9. The summed E-state index contributed by atoms with van der Waals surface area (Å²) < 4.78 is 12.0. The van der Waals surface area contributed by atoms with E-state index >= 15 is 0 Å². The van der Waals surface area contributed by atoms with Crippen LogP contribution in [0.2, 0.25) is 0 Å². The van der Waals surface area contributed by atoms with Gasteiger partial charge in [-0.15, -0.1) is 0 Å². The largest absolute Gasteiger partial charge is 0.422 e. The van der Waals surface area contributed by atoms with E-state index < -0.39 is 12.0 Å². The molecule has 0 aromatic carbocycles. The molecule has 1 aromatic heterocycles. The van der Waals surface area contributed by atoms with Gasteiger partial charge in [-0.2, -0.15) is 4.57 Å². The van der Waals surface area contributed by atoms with Crippen LogP contribution in [0, 0.1) is 0 Å². The van der Waals surface area contributed by atoms with E-state index in [-0.39, 0.29) is 18.9 Å². The van der Waals surface area contributed by atoms with E-state index in [1.54, 1.807) is 6.08 Å². The standard InChI is InChI=1S/C16H21N2O4/c1-3-4-8-17-9-6-5-7-13(17)12-14-15(19)18(10-11-21-2)16(20)22-14/h5-7,9,12H,3-4,8,10-11H2,1-2H3/q+1/b14-12+. The summed E-state index contributed by atoms with van der Waals surface area (Å²) in [7, 11) is 1.52. The van der Waals surface area contributed by atoms with E-state index in [1.165, 1.54) is 7.11 Å². The lowest BCUT2D eigenvalue weighted by atomic mass is 10.2. The number of hydrogen-bond donors (Lipinski definition) is 0. The van der Waals surface area contributed by atoms with E-state index in [2.05, 4.69) is 6.92 Å². The fourth-order valence-electron chi connectivity index (χ4n) is 2.16. The topological polar surface area (TPSA) is 59.7 Å². The van der Waals surface area contributed by atoms with E-state index in [0.29, 0.717) is 0 Å². The average Bonchev–Trinajstić information content (AvgIpc) is 2.78. The smallest absolute Gasteiger partial charge is 0.404 e. The van der Waals surface area contributed by atoms with Gasteiger partial charge < -0.3 is 9.47 Å². The first-order valence-corrected chi connectivity index (χ1v) is 7.40. The molecule has 0 N–H and O–H groups in total. The minimum Gasteiger partial charge on any atom is -0.404 e. The number of pyridine rings is 1. The minimum atomic E-state index is -0.649. The molecule has 1 saturated heterocycles. The number of rotatable bonds is 7. The van der Waals surface area contributed by atoms with Gasteiger partial charge >= 0.3 is 6.09 Å². The highest BCUT2D eigenvalue weighted by atomic mass is 16.6. The van der Waals surface area contributed by atoms with Crippen molar-refractivity contribution >= 4 is 18.1 Å². The first-order chi connectivity index (χ1) is 10.7. The van der Waals surface area contributed by atoms with Crippen molar-refractivity contribution in [3.8, 4) is 0 Å². The molecule has 0 spiro atoms. The number of unbranched alkanes of at least 4 members (excludes halogenated alkanes) is 1. The van der Waals surface area contributed by atoms with E-state index in [0.717, 1.165) is 30.0 Å². The second-order valence-corrected chi connectivity index (χ2v) is 5.00. The molecule has 6 nitrogen and oxygen atoms in total. The number of methoxy groups -OCH3 is 1. The van der Waals surface area contributed by atoms with Gasteiger partial charge in [0, 0.05) is 25.7 Å². The van der Waals surface area contributed by atoms with E-state index in [1.807, 2.05) is 29.0 Å². The molecule has 1 aromatic rings. The van der Waals surface area contributed by atoms with Crippen LogP contribution in [0.15, 0.2) is 30.2 Å². The zero-order chi connectivity index (χ0) is 15.9. The lowest BCUT2D eigenvalue weighted by Crippen LogP contribution is -2.36. The van der Waals surface area contributed by atoms with E-state index in [9.17, 15) is 9.59 Å². The maximum atomic E-state index is 12.2. The summed E-state index contributed by atoms with van der Waals surface area (Å²) in [6.07, 6.45) is 5.04. The molecule has 2 rings (SSSR count). The molecule has 1 aliphatic rings. The number of aromatic nitrogens is 1. The van der Waals surface area contributed by atoms with Gasteiger partial charge in [-0.25, -0.2) is 9.69 Å².